The highest BCUT2D eigenvalue weighted by Crippen LogP contribution is 2.30. The van der Waals surface area contributed by atoms with Gasteiger partial charge >= 0.3 is 0 Å². The fourth-order valence-electron chi connectivity index (χ4n) is 2.43. The SMILES string of the molecule is CC(C)N1CCc2cc3ccccc3nc21. The second kappa shape index (κ2) is 3.48. The molecule has 0 bridgehead atoms. The molecule has 0 spiro atoms. The van der Waals surface area contributed by atoms with Crippen molar-refractivity contribution in [3.63, 3.8) is 0 Å². The summed E-state index contributed by atoms with van der Waals surface area (Å²) in [4.78, 5) is 7.18. The van der Waals surface area contributed by atoms with Gasteiger partial charge in [0, 0.05) is 18.0 Å². The Balaban J connectivity index is 2.19. The molecule has 0 N–H and O–H groups in total. The van der Waals surface area contributed by atoms with Crippen LogP contribution in [-0.2, 0) is 6.42 Å². The second-order valence-corrected chi connectivity index (χ2v) is 4.70. The minimum Gasteiger partial charge on any atom is -0.354 e. The van der Waals surface area contributed by atoms with Crippen molar-refractivity contribution in [2.45, 2.75) is 26.3 Å². The van der Waals surface area contributed by atoms with Crippen LogP contribution >= 0.6 is 0 Å². The number of hydrogen-bond acceptors (Lipinski definition) is 2. The van der Waals surface area contributed by atoms with Crippen LogP contribution in [0.3, 0.4) is 0 Å². The summed E-state index contributed by atoms with van der Waals surface area (Å²) in [7, 11) is 0. The summed E-state index contributed by atoms with van der Waals surface area (Å²) in [5.41, 5.74) is 2.50. The largest absolute Gasteiger partial charge is 0.354 e. The molecule has 0 unspecified atom stereocenters. The average Bonchev–Trinajstić information content (AvgIpc) is 2.68. The molecule has 1 aromatic heterocycles. The summed E-state index contributed by atoms with van der Waals surface area (Å²) in [5.74, 6) is 1.19. The molecule has 2 heterocycles. The van der Waals surface area contributed by atoms with Gasteiger partial charge in [0.25, 0.3) is 0 Å². The normalized spacial score (nSPS) is 14.8. The Morgan fingerprint density at radius 2 is 2.06 bits per heavy atom. The van der Waals surface area contributed by atoms with Crippen molar-refractivity contribution in [1.82, 2.24) is 4.98 Å². The van der Waals surface area contributed by atoms with E-state index in [1.165, 1.54) is 16.8 Å². The van der Waals surface area contributed by atoms with Crippen molar-refractivity contribution in [3.8, 4) is 0 Å². The van der Waals surface area contributed by atoms with Crippen molar-refractivity contribution in [2.75, 3.05) is 11.4 Å². The van der Waals surface area contributed by atoms with Crippen LogP contribution in [0.4, 0.5) is 5.82 Å². The Kier molecular flexibility index (Phi) is 2.10. The topological polar surface area (TPSA) is 16.1 Å². The van der Waals surface area contributed by atoms with E-state index in [-0.39, 0.29) is 0 Å². The third-order valence-electron chi connectivity index (χ3n) is 3.30. The van der Waals surface area contributed by atoms with Crippen molar-refractivity contribution in [1.29, 1.82) is 0 Å². The minimum absolute atomic E-state index is 0.537. The molecule has 82 valence electrons. The fraction of sp³-hybridized carbons (Fsp3) is 0.357. The van der Waals surface area contributed by atoms with Crippen LogP contribution in [0.1, 0.15) is 19.4 Å². The molecule has 3 rings (SSSR count). The number of para-hydroxylation sites is 1. The maximum absolute atomic E-state index is 4.78. The van der Waals surface area contributed by atoms with Crippen LogP contribution in [0.5, 0.6) is 0 Å². The van der Waals surface area contributed by atoms with E-state index >= 15 is 0 Å². The van der Waals surface area contributed by atoms with Crippen LogP contribution in [0.2, 0.25) is 0 Å². The summed E-state index contributed by atoms with van der Waals surface area (Å²) in [6.07, 6.45) is 1.13. The van der Waals surface area contributed by atoms with Gasteiger partial charge in [-0.2, -0.15) is 0 Å². The van der Waals surface area contributed by atoms with Crippen LogP contribution in [0.25, 0.3) is 10.9 Å². The number of rotatable bonds is 1. The van der Waals surface area contributed by atoms with Crippen LogP contribution < -0.4 is 4.90 Å². The Bertz CT molecular complexity index is 531. The van der Waals surface area contributed by atoms with E-state index in [0.29, 0.717) is 6.04 Å². The summed E-state index contributed by atoms with van der Waals surface area (Å²) in [6, 6.07) is 11.2. The van der Waals surface area contributed by atoms with E-state index < -0.39 is 0 Å². The Hall–Kier alpha value is -1.57. The molecule has 0 saturated carbocycles. The van der Waals surface area contributed by atoms with Crippen molar-refractivity contribution in [3.05, 3.63) is 35.9 Å². The highest BCUT2D eigenvalue weighted by Gasteiger charge is 2.22. The zero-order valence-corrected chi connectivity index (χ0v) is 9.77. The van der Waals surface area contributed by atoms with Gasteiger partial charge in [0.15, 0.2) is 0 Å². The van der Waals surface area contributed by atoms with Gasteiger partial charge in [0.1, 0.15) is 5.82 Å². The zero-order valence-electron chi connectivity index (χ0n) is 9.77. The average molecular weight is 212 g/mol. The first kappa shape index (κ1) is 9.64. The Morgan fingerprint density at radius 1 is 1.25 bits per heavy atom. The fourth-order valence-corrected chi connectivity index (χ4v) is 2.43. The smallest absolute Gasteiger partial charge is 0.132 e. The first-order valence-corrected chi connectivity index (χ1v) is 5.91. The minimum atomic E-state index is 0.537. The molecular formula is C14H16N2. The second-order valence-electron chi connectivity index (χ2n) is 4.70. The van der Waals surface area contributed by atoms with Crippen molar-refractivity contribution in [2.24, 2.45) is 0 Å². The summed E-state index contributed by atoms with van der Waals surface area (Å²) < 4.78 is 0. The molecular weight excluding hydrogens is 196 g/mol. The molecule has 1 aliphatic heterocycles. The molecule has 0 saturated heterocycles. The monoisotopic (exact) mass is 212 g/mol. The highest BCUT2D eigenvalue weighted by atomic mass is 15.2. The molecule has 1 aliphatic rings. The molecule has 0 radical (unpaired) electrons. The van der Waals surface area contributed by atoms with E-state index in [1.807, 2.05) is 0 Å². The predicted octanol–water partition coefficient (Wildman–Crippen LogP) is 3.01. The molecule has 2 heteroatoms. The van der Waals surface area contributed by atoms with Gasteiger partial charge in [-0.3, -0.25) is 0 Å². The number of pyridine rings is 1. The standard InChI is InChI=1S/C14H16N2/c1-10(2)16-8-7-12-9-11-5-3-4-6-13(11)15-14(12)16/h3-6,9-10H,7-8H2,1-2H3. The summed E-state index contributed by atoms with van der Waals surface area (Å²) >= 11 is 0. The van der Waals surface area contributed by atoms with Crippen molar-refractivity contribution < 1.29 is 0 Å². The molecule has 0 aliphatic carbocycles. The molecule has 1 aromatic carbocycles. The number of benzene rings is 1. The maximum atomic E-state index is 4.78. The highest BCUT2D eigenvalue weighted by molar-refractivity contribution is 5.82. The van der Waals surface area contributed by atoms with E-state index in [0.717, 1.165) is 18.5 Å². The first-order valence-electron chi connectivity index (χ1n) is 5.91. The molecule has 2 nitrogen and oxygen atoms in total. The van der Waals surface area contributed by atoms with Gasteiger partial charge in [-0.15, -0.1) is 0 Å². The quantitative estimate of drug-likeness (QED) is 0.722. The lowest BCUT2D eigenvalue weighted by Gasteiger charge is -2.22. The number of anilines is 1. The molecule has 0 atom stereocenters. The summed E-state index contributed by atoms with van der Waals surface area (Å²) in [5, 5.41) is 1.26. The third-order valence-corrected chi connectivity index (χ3v) is 3.30. The van der Waals surface area contributed by atoms with Gasteiger partial charge < -0.3 is 4.90 Å². The number of fused-ring (bicyclic) bond motifs is 2. The number of hydrogen-bond donors (Lipinski definition) is 0. The lowest BCUT2D eigenvalue weighted by molar-refractivity contribution is 0.704. The molecule has 2 aromatic rings. The number of nitrogens with zero attached hydrogens (tertiary/aromatic N) is 2. The molecule has 0 fully saturated rings. The lowest BCUT2D eigenvalue weighted by Crippen LogP contribution is -2.29. The van der Waals surface area contributed by atoms with Gasteiger partial charge in [-0.1, -0.05) is 18.2 Å². The van der Waals surface area contributed by atoms with Gasteiger partial charge in [0.2, 0.25) is 0 Å². The number of aromatic nitrogens is 1. The van der Waals surface area contributed by atoms with E-state index in [4.69, 9.17) is 4.98 Å². The summed E-state index contributed by atoms with van der Waals surface area (Å²) in [6.45, 7) is 5.56. The Labute approximate surface area is 95.9 Å². The van der Waals surface area contributed by atoms with Crippen LogP contribution in [-0.4, -0.2) is 17.6 Å². The zero-order chi connectivity index (χ0) is 11.1. The van der Waals surface area contributed by atoms with Crippen LogP contribution in [0, 0.1) is 0 Å². The van der Waals surface area contributed by atoms with Crippen LogP contribution in [0.15, 0.2) is 30.3 Å². The molecule has 16 heavy (non-hydrogen) atoms. The van der Waals surface area contributed by atoms with Gasteiger partial charge in [-0.05, 0) is 38.0 Å². The van der Waals surface area contributed by atoms with Gasteiger partial charge in [-0.25, -0.2) is 4.98 Å². The van der Waals surface area contributed by atoms with Gasteiger partial charge in [0.05, 0.1) is 5.52 Å². The van der Waals surface area contributed by atoms with E-state index in [2.05, 4.69) is 49.1 Å². The van der Waals surface area contributed by atoms with Crippen molar-refractivity contribution >= 4 is 16.7 Å². The third kappa shape index (κ3) is 1.37. The molecule has 0 amide bonds. The van der Waals surface area contributed by atoms with E-state index in [1.54, 1.807) is 0 Å². The van der Waals surface area contributed by atoms with E-state index in [9.17, 15) is 0 Å². The lowest BCUT2D eigenvalue weighted by atomic mass is 10.1. The predicted molar refractivity (Wildman–Crippen MR) is 67.9 cm³/mol. The maximum Gasteiger partial charge on any atom is 0.132 e. The Morgan fingerprint density at radius 3 is 2.88 bits per heavy atom. The first-order chi connectivity index (χ1) is 7.75.